The van der Waals surface area contributed by atoms with Crippen LogP contribution in [0.3, 0.4) is 0 Å². The molecule has 2 rings (SSSR count). The molecule has 0 saturated carbocycles. The Labute approximate surface area is 130 Å². The smallest absolute Gasteiger partial charge is 0.236 e. The van der Waals surface area contributed by atoms with Crippen molar-refractivity contribution < 1.29 is 4.79 Å². The topological polar surface area (TPSA) is 32.3 Å². The summed E-state index contributed by atoms with van der Waals surface area (Å²) in [5.41, 5.74) is 0. The fourth-order valence-corrected chi connectivity index (χ4v) is 3.81. The lowest BCUT2D eigenvalue weighted by Gasteiger charge is -2.27. The van der Waals surface area contributed by atoms with E-state index in [0.717, 1.165) is 30.8 Å². The van der Waals surface area contributed by atoms with Crippen LogP contribution >= 0.6 is 23.4 Å². The van der Waals surface area contributed by atoms with E-state index in [1.807, 2.05) is 43.1 Å². The molecule has 1 aliphatic heterocycles. The molecular weight excluding hydrogens is 292 g/mol. The predicted octanol–water partition coefficient (Wildman–Crippen LogP) is 3.03. The molecule has 0 spiro atoms. The monoisotopic (exact) mass is 312 g/mol. The number of carbonyl (C=O) groups excluding carboxylic acids is 1. The first kappa shape index (κ1) is 15.7. The number of thioether (sulfide) groups is 1. The summed E-state index contributed by atoms with van der Waals surface area (Å²) in [5, 5.41) is 3.78. The second-order valence-corrected chi connectivity index (χ2v) is 6.87. The largest absolute Gasteiger partial charge is 0.337 e. The Morgan fingerprint density at radius 3 is 3.00 bits per heavy atom. The van der Waals surface area contributed by atoms with Crippen molar-refractivity contribution in [1.82, 2.24) is 10.2 Å². The van der Waals surface area contributed by atoms with Crippen LogP contribution < -0.4 is 5.32 Å². The Balaban J connectivity index is 2.00. The summed E-state index contributed by atoms with van der Waals surface area (Å²) in [7, 11) is 1.93. The van der Waals surface area contributed by atoms with Crippen molar-refractivity contribution in [2.24, 2.45) is 0 Å². The zero-order valence-corrected chi connectivity index (χ0v) is 13.5. The average molecular weight is 313 g/mol. The highest BCUT2D eigenvalue weighted by atomic mass is 35.5. The molecule has 1 amide bonds. The van der Waals surface area contributed by atoms with Crippen LogP contribution in [-0.2, 0) is 4.79 Å². The van der Waals surface area contributed by atoms with Gasteiger partial charge in [-0.1, -0.05) is 23.7 Å². The fourth-order valence-electron chi connectivity index (χ4n) is 2.59. The van der Waals surface area contributed by atoms with Gasteiger partial charge in [-0.3, -0.25) is 4.79 Å². The van der Waals surface area contributed by atoms with Crippen molar-refractivity contribution >= 4 is 29.3 Å². The molecule has 1 heterocycles. The number of rotatable bonds is 5. The summed E-state index contributed by atoms with van der Waals surface area (Å²) in [6.45, 7) is 3.71. The highest BCUT2D eigenvalue weighted by molar-refractivity contribution is 8.00. The van der Waals surface area contributed by atoms with Crippen molar-refractivity contribution in [2.75, 3.05) is 20.1 Å². The molecule has 0 aliphatic carbocycles. The summed E-state index contributed by atoms with van der Waals surface area (Å²) in [6.07, 6.45) is 2.19. The van der Waals surface area contributed by atoms with Crippen LogP contribution in [0.25, 0.3) is 0 Å². The van der Waals surface area contributed by atoms with Gasteiger partial charge in [-0.2, -0.15) is 0 Å². The van der Waals surface area contributed by atoms with Gasteiger partial charge in [0.2, 0.25) is 5.91 Å². The van der Waals surface area contributed by atoms with Crippen molar-refractivity contribution in [3.63, 3.8) is 0 Å². The lowest BCUT2D eigenvalue weighted by molar-refractivity contribution is -0.131. The number of halogens is 1. The van der Waals surface area contributed by atoms with Gasteiger partial charge < -0.3 is 10.2 Å². The molecule has 1 aromatic carbocycles. The van der Waals surface area contributed by atoms with Gasteiger partial charge >= 0.3 is 0 Å². The van der Waals surface area contributed by atoms with Crippen LogP contribution in [0.4, 0.5) is 0 Å². The molecule has 2 unspecified atom stereocenters. The molecular formula is C15H21ClN2OS. The number of likely N-dealkylation sites (tertiary alicyclic amines) is 1. The number of nitrogens with zero attached hydrogens (tertiary/aromatic N) is 1. The number of amides is 1. The van der Waals surface area contributed by atoms with Crippen LogP contribution in [-0.4, -0.2) is 42.2 Å². The van der Waals surface area contributed by atoms with Gasteiger partial charge in [0.1, 0.15) is 0 Å². The molecule has 5 heteroatoms. The van der Waals surface area contributed by atoms with Crippen LogP contribution in [0.5, 0.6) is 0 Å². The van der Waals surface area contributed by atoms with Gasteiger partial charge in [0.25, 0.3) is 0 Å². The number of benzene rings is 1. The van der Waals surface area contributed by atoms with Crippen LogP contribution in [0, 0.1) is 0 Å². The Morgan fingerprint density at radius 1 is 1.55 bits per heavy atom. The zero-order valence-electron chi connectivity index (χ0n) is 11.9. The maximum Gasteiger partial charge on any atom is 0.236 e. The summed E-state index contributed by atoms with van der Waals surface area (Å²) in [4.78, 5) is 15.6. The molecule has 0 radical (unpaired) electrons. The van der Waals surface area contributed by atoms with E-state index in [1.54, 1.807) is 11.8 Å². The van der Waals surface area contributed by atoms with Crippen LogP contribution in [0.15, 0.2) is 29.2 Å². The number of likely N-dealkylation sites (N-methyl/N-ethyl adjacent to an activating group) is 1. The minimum Gasteiger partial charge on any atom is -0.337 e. The third-order valence-corrected chi connectivity index (χ3v) is 5.19. The molecule has 1 fully saturated rings. The maximum atomic E-state index is 12.6. The van der Waals surface area contributed by atoms with Gasteiger partial charge in [0.15, 0.2) is 0 Å². The van der Waals surface area contributed by atoms with E-state index in [4.69, 9.17) is 11.6 Å². The molecule has 1 saturated heterocycles. The van der Waals surface area contributed by atoms with Gasteiger partial charge in [0.05, 0.1) is 10.3 Å². The first-order chi connectivity index (χ1) is 9.63. The number of carbonyl (C=O) groups is 1. The van der Waals surface area contributed by atoms with E-state index in [0.29, 0.717) is 11.1 Å². The summed E-state index contributed by atoms with van der Waals surface area (Å²) in [5.74, 6) is 0.215. The number of nitrogens with one attached hydrogen (secondary N) is 1. The van der Waals surface area contributed by atoms with Crippen molar-refractivity contribution in [1.29, 1.82) is 0 Å². The SMILES string of the molecule is CNCC1CCCN1C(=O)C(C)Sc1ccccc1Cl. The third kappa shape index (κ3) is 3.68. The van der Waals surface area contributed by atoms with Crippen molar-refractivity contribution in [2.45, 2.75) is 36.0 Å². The second-order valence-electron chi connectivity index (χ2n) is 5.08. The normalized spacial score (nSPS) is 20.1. The Kier molecular flexibility index (Phi) is 5.75. The minimum atomic E-state index is -0.104. The Hall–Kier alpha value is -0.710. The van der Waals surface area contributed by atoms with Gasteiger partial charge in [-0.15, -0.1) is 11.8 Å². The summed E-state index contributed by atoms with van der Waals surface area (Å²) in [6, 6.07) is 8.02. The maximum absolute atomic E-state index is 12.6. The van der Waals surface area contributed by atoms with Crippen LogP contribution in [0.2, 0.25) is 5.02 Å². The minimum absolute atomic E-state index is 0.104. The van der Waals surface area contributed by atoms with Gasteiger partial charge in [0, 0.05) is 24.0 Å². The summed E-state index contributed by atoms with van der Waals surface area (Å²) >= 11 is 7.70. The molecule has 1 aromatic rings. The van der Waals surface area contributed by atoms with E-state index in [1.165, 1.54) is 0 Å². The number of hydrogen-bond acceptors (Lipinski definition) is 3. The zero-order chi connectivity index (χ0) is 14.5. The highest BCUT2D eigenvalue weighted by Crippen LogP contribution is 2.31. The Morgan fingerprint density at radius 2 is 2.30 bits per heavy atom. The highest BCUT2D eigenvalue weighted by Gasteiger charge is 2.31. The van der Waals surface area contributed by atoms with Gasteiger partial charge in [-0.25, -0.2) is 0 Å². The lowest BCUT2D eigenvalue weighted by Crippen LogP contribution is -2.44. The molecule has 1 aliphatic rings. The van der Waals surface area contributed by atoms with Crippen LogP contribution in [0.1, 0.15) is 19.8 Å². The van der Waals surface area contributed by atoms with E-state index < -0.39 is 0 Å². The van der Waals surface area contributed by atoms with E-state index >= 15 is 0 Å². The molecule has 1 N–H and O–H groups in total. The van der Waals surface area contributed by atoms with E-state index in [-0.39, 0.29) is 11.2 Å². The van der Waals surface area contributed by atoms with Crippen molar-refractivity contribution in [3.8, 4) is 0 Å². The standard InChI is InChI=1S/C15H21ClN2OS/c1-11(20-14-8-4-3-7-13(14)16)15(19)18-9-5-6-12(18)10-17-2/h3-4,7-8,11-12,17H,5-6,9-10H2,1-2H3. The lowest BCUT2D eigenvalue weighted by atomic mass is 10.2. The Bertz CT molecular complexity index is 469. The molecule has 0 aromatic heterocycles. The third-order valence-electron chi connectivity index (χ3n) is 3.59. The molecule has 3 nitrogen and oxygen atoms in total. The van der Waals surface area contributed by atoms with E-state index in [2.05, 4.69) is 5.32 Å². The molecule has 2 atom stereocenters. The first-order valence-electron chi connectivity index (χ1n) is 6.99. The van der Waals surface area contributed by atoms with E-state index in [9.17, 15) is 4.79 Å². The molecule has 20 heavy (non-hydrogen) atoms. The molecule has 110 valence electrons. The van der Waals surface area contributed by atoms with Gasteiger partial charge in [-0.05, 0) is 38.9 Å². The predicted molar refractivity (Wildman–Crippen MR) is 85.4 cm³/mol. The second kappa shape index (κ2) is 7.34. The number of hydrogen-bond donors (Lipinski definition) is 1. The molecule has 0 bridgehead atoms. The van der Waals surface area contributed by atoms with Crippen molar-refractivity contribution in [3.05, 3.63) is 29.3 Å². The fraction of sp³-hybridized carbons (Fsp3) is 0.533. The first-order valence-corrected chi connectivity index (χ1v) is 8.25. The quantitative estimate of drug-likeness (QED) is 0.848. The summed E-state index contributed by atoms with van der Waals surface area (Å²) < 4.78 is 0. The average Bonchev–Trinajstić information content (AvgIpc) is 2.89.